The number of carbonyl (C=O) groups is 1. The fraction of sp³-hybridized carbons (Fsp3) is 0.318. The number of morpholine rings is 1. The third-order valence-electron chi connectivity index (χ3n) is 5.72. The summed E-state index contributed by atoms with van der Waals surface area (Å²) in [5, 5.41) is 9.05. The molecule has 0 radical (unpaired) electrons. The number of rotatable bonds is 7. The van der Waals surface area contributed by atoms with Gasteiger partial charge in [0.05, 0.1) is 23.9 Å². The fourth-order valence-electron chi connectivity index (χ4n) is 3.93. The molecule has 5 rings (SSSR count). The number of halogens is 1. The van der Waals surface area contributed by atoms with Gasteiger partial charge in [-0.05, 0) is 36.4 Å². The van der Waals surface area contributed by atoms with Crippen LogP contribution >= 0.6 is 11.8 Å². The largest absolute Gasteiger partial charge is 0.379 e. The molecule has 2 aliphatic heterocycles. The van der Waals surface area contributed by atoms with Gasteiger partial charge in [0.1, 0.15) is 5.82 Å². The molecule has 9 nitrogen and oxygen atoms in total. The number of Topliss-reactive ketones (excluding diaryl/α,β-unsaturated/α-hetero) is 1. The summed E-state index contributed by atoms with van der Waals surface area (Å²) in [5.74, 6) is 0.228. The van der Waals surface area contributed by atoms with Crippen molar-refractivity contribution in [3.05, 3.63) is 59.9 Å². The van der Waals surface area contributed by atoms with Crippen molar-refractivity contribution in [3.8, 4) is 0 Å². The highest BCUT2D eigenvalue weighted by Gasteiger charge is 2.28. The summed E-state index contributed by atoms with van der Waals surface area (Å²) in [6, 6.07) is 12.3. The van der Waals surface area contributed by atoms with E-state index in [0.717, 1.165) is 5.69 Å². The summed E-state index contributed by atoms with van der Waals surface area (Å²) >= 11 is 1.25. The normalized spacial score (nSPS) is 16.6. The van der Waals surface area contributed by atoms with Gasteiger partial charge in [0.2, 0.25) is 16.0 Å². The van der Waals surface area contributed by atoms with Crippen molar-refractivity contribution in [1.82, 2.24) is 19.1 Å². The minimum absolute atomic E-state index is 0.0930. The number of fused-ring (bicyclic) bond motifs is 1. The number of ketones is 1. The van der Waals surface area contributed by atoms with E-state index >= 15 is 0 Å². The maximum atomic E-state index is 13.2. The lowest BCUT2D eigenvalue weighted by atomic mass is 10.1. The second-order valence-corrected chi connectivity index (χ2v) is 10.7. The second kappa shape index (κ2) is 9.45. The lowest BCUT2D eigenvalue weighted by Crippen LogP contribution is -2.40. The predicted octanol–water partition coefficient (Wildman–Crippen LogP) is 2.56. The van der Waals surface area contributed by atoms with E-state index < -0.39 is 10.0 Å². The van der Waals surface area contributed by atoms with Crippen LogP contribution in [0.15, 0.2) is 58.6 Å². The third kappa shape index (κ3) is 4.45. The van der Waals surface area contributed by atoms with Crippen LogP contribution in [0, 0.1) is 5.82 Å². The van der Waals surface area contributed by atoms with Gasteiger partial charge >= 0.3 is 0 Å². The number of hydrogen-bond donors (Lipinski definition) is 0. The molecule has 0 saturated carbocycles. The van der Waals surface area contributed by atoms with Gasteiger partial charge in [0.15, 0.2) is 10.9 Å². The molecule has 178 valence electrons. The first-order valence-electron chi connectivity index (χ1n) is 10.7. The van der Waals surface area contributed by atoms with Gasteiger partial charge < -0.3 is 9.64 Å². The number of nitrogens with zero attached hydrogens (tertiary/aromatic N) is 5. The number of aromatic nitrogens is 3. The van der Waals surface area contributed by atoms with Gasteiger partial charge in [-0.25, -0.2) is 12.8 Å². The SMILES string of the molecule is O=C(CSc1nnc2n1CCN2c1ccc(F)cc1)c1cccc(S(=O)(=O)N2CCOCC2)c1. The van der Waals surface area contributed by atoms with E-state index in [-0.39, 0.29) is 22.2 Å². The molecule has 0 unspecified atom stereocenters. The lowest BCUT2D eigenvalue weighted by Gasteiger charge is -2.26. The Morgan fingerprint density at radius 1 is 1.03 bits per heavy atom. The molecular weight excluding hydrogens is 481 g/mol. The molecule has 0 bridgehead atoms. The van der Waals surface area contributed by atoms with Crippen LogP contribution in [-0.2, 0) is 21.3 Å². The van der Waals surface area contributed by atoms with Crippen molar-refractivity contribution >= 4 is 39.2 Å². The zero-order valence-corrected chi connectivity index (χ0v) is 19.8. The van der Waals surface area contributed by atoms with Gasteiger partial charge in [0, 0.05) is 37.4 Å². The monoisotopic (exact) mass is 503 g/mol. The van der Waals surface area contributed by atoms with E-state index in [2.05, 4.69) is 10.2 Å². The molecule has 0 spiro atoms. The van der Waals surface area contributed by atoms with Crippen molar-refractivity contribution in [2.45, 2.75) is 16.6 Å². The van der Waals surface area contributed by atoms with E-state index in [4.69, 9.17) is 4.74 Å². The molecule has 2 aromatic carbocycles. The van der Waals surface area contributed by atoms with Crippen LogP contribution in [0.2, 0.25) is 0 Å². The van der Waals surface area contributed by atoms with Crippen molar-refractivity contribution in [3.63, 3.8) is 0 Å². The van der Waals surface area contributed by atoms with E-state index in [1.54, 1.807) is 24.3 Å². The molecule has 3 heterocycles. The van der Waals surface area contributed by atoms with Crippen LogP contribution in [0.3, 0.4) is 0 Å². The number of carbonyl (C=O) groups excluding carboxylic acids is 1. The third-order valence-corrected chi connectivity index (χ3v) is 8.58. The van der Waals surface area contributed by atoms with E-state index in [1.807, 2.05) is 9.47 Å². The Balaban J connectivity index is 1.27. The Kier molecular flexibility index (Phi) is 6.38. The second-order valence-electron chi connectivity index (χ2n) is 7.82. The summed E-state index contributed by atoms with van der Waals surface area (Å²) in [6.07, 6.45) is 0. The molecule has 1 fully saturated rings. The van der Waals surface area contributed by atoms with Gasteiger partial charge in [-0.1, -0.05) is 23.9 Å². The highest BCUT2D eigenvalue weighted by molar-refractivity contribution is 7.99. The van der Waals surface area contributed by atoms with Crippen LogP contribution in [0.5, 0.6) is 0 Å². The summed E-state index contributed by atoms with van der Waals surface area (Å²) in [6.45, 7) is 2.61. The molecule has 1 saturated heterocycles. The van der Waals surface area contributed by atoms with Crippen molar-refractivity contribution < 1.29 is 22.3 Å². The Hall–Kier alpha value is -2.80. The summed E-state index contributed by atoms with van der Waals surface area (Å²) in [5.41, 5.74) is 1.15. The zero-order chi connectivity index (χ0) is 23.7. The van der Waals surface area contributed by atoms with Crippen LogP contribution in [0.1, 0.15) is 10.4 Å². The minimum Gasteiger partial charge on any atom is -0.379 e. The molecule has 34 heavy (non-hydrogen) atoms. The average Bonchev–Trinajstić information content (AvgIpc) is 3.46. The number of benzene rings is 2. The smallest absolute Gasteiger partial charge is 0.243 e. The maximum absolute atomic E-state index is 13.2. The van der Waals surface area contributed by atoms with Crippen LogP contribution < -0.4 is 4.90 Å². The van der Waals surface area contributed by atoms with Crippen LogP contribution in [0.25, 0.3) is 0 Å². The molecule has 0 atom stereocenters. The Morgan fingerprint density at radius 2 is 1.79 bits per heavy atom. The minimum atomic E-state index is -3.68. The molecule has 12 heteroatoms. The van der Waals surface area contributed by atoms with Gasteiger partial charge in [-0.3, -0.25) is 9.36 Å². The van der Waals surface area contributed by atoms with Crippen molar-refractivity contribution in [1.29, 1.82) is 0 Å². The highest BCUT2D eigenvalue weighted by atomic mass is 32.2. The highest BCUT2D eigenvalue weighted by Crippen LogP contribution is 2.32. The van der Waals surface area contributed by atoms with Crippen LogP contribution in [0.4, 0.5) is 16.0 Å². The fourth-order valence-corrected chi connectivity index (χ4v) is 6.24. The van der Waals surface area contributed by atoms with Crippen molar-refractivity contribution in [2.75, 3.05) is 43.5 Å². The molecule has 0 N–H and O–H groups in total. The number of thioether (sulfide) groups is 1. The van der Waals surface area contributed by atoms with Crippen molar-refractivity contribution in [2.24, 2.45) is 0 Å². The van der Waals surface area contributed by atoms with Crippen LogP contribution in [-0.4, -0.2) is 71.9 Å². The van der Waals surface area contributed by atoms with Gasteiger partial charge in [0.25, 0.3) is 0 Å². The standard InChI is InChI=1S/C22H22FN5O4S2/c23-17-4-6-18(7-5-17)27-8-9-28-21(27)24-25-22(28)33-15-20(29)16-2-1-3-19(14-16)34(30,31)26-10-12-32-13-11-26/h1-7,14H,8-13,15H2. The Labute approximate surface area is 200 Å². The summed E-state index contributed by atoms with van der Waals surface area (Å²) in [4.78, 5) is 14.9. The zero-order valence-electron chi connectivity index (χ0n) is 18.1. The van der Waals surface area contributed by atoms with E-state index in [0.29, 0.717) is 56.1 Å². The topological polar surface area (TPSA) is 97.6 Å². The van der Waals surface area contributed by atoms with E-state index in [9.17, 15) is 17.6 Å². The molecule has 0 amide bonds. The first-order chi connectivity index (χ1) is 16.4. The number of ether oxygens (including phenoxy) is 1. The molecule has 2 aliphatic rings. The first-order valence-corrected chi connectivity index (χ1v) is 13.2. The number of anilines is 2. The number of hydrogen-bond acceptors (Lipinski definition) is 8. The molecular formula is C22H22FN5O4S2. The quantitative estimate of drug-likeness (QED) is 0.359. The van der Waals surface area contributed by atoms with Gasteiger partial charge in [-0.15, -0.1) is 10.2 Å². The summed E-state index contributed by atoms with van der Waals surface area (Å²) in [7, 11) is -3.68. The maximum Gasteiger partial charge on any atom is 0.243 e. The molecule has 0 aliphatic carbocycles. The number of sulfonamides is 1. The van der Waals surface area contributed by atoms with Gasteiger partial charge in [-0.2, -0.15) is 4.31 Å². The molecule has 1 aromatic heterocycles. The average molecular weight is 504 g/mol. The lowest BCUT2D eigenvalue weighted by molar-refractivity contribution is 0.0730. The first kappa shape index (κ1) is 23.0. The molecule has 3 aromatic rings. The summed E-state index contributed by atoms with van der Waals surface area (Å²) < 4.78 is 47.6. The van der Waals surface area contributed by atoms with E-state index in [1.165, 1.54) is 40.3 Å². The Morgan fingerprint density at radius 3 is 2.56 bits per heavy atom. The Bertz CT molecular complexity index is 1310. The predicted molar refractivity (Wildman–Crippen MR) is 125 cm³/mol.